The van der Waals surface area contributed by atoms with Crippen molar-refractivity contribution in [3.63, 3.8) is 0 Å². The minimum absolute atomic E-state index is 0.0795. The van der Waals surface area contributed by atoms with Gasteiger partial charge in [0.15, 0.2) is 0 Å². The Morgan fingerprint density at radius 1 is 1.47 bits per heavy atom. The number of nitriles is 1. The van der Waals surface area contributed by atoms with E-state index in [0.717, 1.165) is 6.42 Å². The molecule has 0 aliphatic heterocycles. The summed E-state index contributed by atoms with van der Waals surface area (Å²) < 4.78 is 0. The fourth-order valence-corrected chi connectivity index (χ4v) is 0.531. The molecular formula is C9H16N4O2. The van der Waals surface area contributed by atoms with E-state index in [1.165, 1.54) is 0 Å². The lowest BCUT2D eigenvalue weighted by molar-refractivity contribution is 0.0860. The van der Waals surface area contributed by atoms with Crippen LogP contribution in [0.2, 0.25) is 0 Å². The minimum atomic E-state index is -0.0972. The highest BCUT2D eigenvalue weighted by Crippen LogP contribution is 1.90. The molecule has 6 heteroatoms. The molecule has 0 aromatic heterocycles. The highest BCUT2D eigenvalue weighted by Gasteiger charge is 2.05. The smallest absolute Gasteiger partial charge is 0.224 e. The van der Waals surface area contributed by atoms with Crippen LogP contribution in [0.25, 0.3) is 0 Å². The molecule has 0 aliphatic rings. The van der Waals surface area contributed by atoms with Crippen LogP contribution in [0, 0.1) is 11.3 Å². The van der Waals surface area contributed by atoms with Crippen molar-refractivity contribution in [3.8, 4) is 6.07 Å². The van der Waals surface area contributed by atoms with E-state index in [-0.39, 0.29) is 17.7 Å². The fourth-order valence-electron chi connectivity index (χ4n) is 0.531. The third-order valence-corrected chi connectivity index (χ3v) is 1.16. The van der Waals surface area contributed by atoms with Crippen molar-refractivity contribution >= 4 is 11.5 Å². The summed E-state index contributed by atoms with van der Waals surface area (Å²) >= 11 is 0. The second-order valence-electron chi connectivity index (χ2n) is 3.02. The molecular weight excluding hydrogens is 196 g/mol. The normalized spacial score (nSPS) is 12.5. The molecule has 0 aliphatic carbocycles. The van der Waals surface area contributed by atoms with Crippen LogP contribution >= 0.6 is 0 Å². The summed E-state index contributed by atoms with van der Waals surface area (Å²) in [5, 5.41) is 15.7. The summed E-state index contributed by atoms with van der Waals surface area (Å²) in [6.45, 7) is 5.96. The summed E-state index contributed by atoms with van der Waals surface area (Å²) in [6.07, 6.45) is 0.710. The van der Waals surface area contributed by atoms with Crippen LogP contribution in [0.4, 0.5) is 0 Å². The predicted molar refractivity (Wildman–Crippen MR) is 57.1 cm³/mol. The Bertz CT molecular complexity index is 278. The van der Waals surface area contributed by atoms with Crippen molar-refractivity contribution in [1.82, 2.24) is 0 Å². The molecule has 15 heavy (non-hydrogen) atoms. The van der Waals surface area contributed by atoms with Crippen LogP contribution in [0.1, 0.15) is 27.2 Å². The molecule has 2 N–H and O–H groups in total. The van der Waals surface area contributed by atoms with E-state index in [9.17, 15) is 0 Å². The standard InChI is InChI=1S/C9H16N4O2/c1-4-5-14-12-8(6-10)9(11)13-15-7(2)3/h7H,4-5H2,1-3H3,(H2,11,13). The Morgan fingerprint density at radius 3 is 2.60 bits per heavy atom. The molecule has 0 amide bonds. The van der Waals surface area contributed by atoms with Crippen molar-refractivity contribution in [1.29, 1.82) is 5.26 Å². The van der Waals surface area contributed by atoms with Gasteiger partial charge in [-0.05, 0) is 20.3 Å². The monoisotopic (exact) mass is 212 g/mol. The second kappa shape index (κ2) is 7.62. The average Bonchev–Trinajstić information content (AvgIpc) is 2.21. The van der Waals surface area contributed by atoms with Gasteiger partial charge in [-0.2, -0.15) is 5.26 Å². The number of nitrogens with zero attached hydrogens (tertiary/aromatic N) is 3. The number of amidine groups is 1. The predicted octanol–water partition coefficient (Wildman–Crippen LogP) is 0.990. The maximum Gasteiger partial charge on any atom is 0.224 e. The Kier molecular flexibility index (Phi) is 6.72. The van der Waals surface area contributed by atoms with Gasteiger partial charge >= 0.3 is 0 Å². The molecule has 0 bridgehead atoms. The van der Waals surface area contributed by atoms with Gasteiger partial charge in [-0.1, -0.05) is 17.2 Å². The van der Waals surface area contributed by atoms with Crippen LogP contribution in [0.3, 0.4) is 0 Å². The van der Waals surface area contributed by atoms with Crippen molar-refractivity contribution in [3.05, 3.63) is 0 Å². The molecule has 0 rings (SSSR count). The van der Waals surface area contributed by atoms with Crippen LogP contribution in [0.5, 0.6) is 0 Å². The maximum absolute atomic E-state index is 8.68. The lowest BCUT2D eigenvalue weighted by atomic mass is 10.4. The third-order valence-electron chi connectivity index (χ3n) is 1.16. The van der Waals surface area contributed by atoms with Gasteiger partial charge in [0.05, 0.1) is 0 Å². The van der Waals surface area contributed by atoms with Crippen LogP contribution in [0.15, 0.2) is 10.3 Å². The van der Waals surface area contributed by atoms with E-state index in [1.54, 1.807) is 19.9 Å². The van der Waals surface area contributed by atoms with Crippen molar-refractivity contribution in [2.45, 2.75) is 33.3 Å². The summed E-state index contributed by atoms with van der Waals surface area (Å²) in [7, 11) is 0. The quantitative estimate of drug-likeness (QED) is 0.307. The topological polar surface area (TPSA) is 93.0 Å². The first-order chi connectivity index (χ1) is 7.11. The van der Waals surface area contributed by atoms with Crippen molar-refractivity contribution < 1.29 is 9.68 Å². The zero-order valence-corrected chi connectivity index (χ0v) is 9.23. The van der Waals surface area contributed by atoms with Gasteiger partial charge in [-0.25, -0.2) is 0 Å². The zero-order valence-electron chi connectivity index (χ0n) is 9.23. The number of oxime groups is 2. The van der Waals surface area contributed by atoms with Crippen molar-refractivity contribution in [2.75, 3.05) is 6.61 Å². The SMILES string of the molecule is CCCON=C(C#N)C(N)=NOC(C)C. The third kappa shape index (κ3) is 6.32. The van der Waals surface area contributed by atoms with Crippen LogP contribution in [-0.4, -0.2) is 24.3 Å². The first-order valence-electron chi connectivity index (χ1n) is 4.71. The lowest BCUT2D eigenvalue weighted by Crippen LogP contribution is -2.24. The molecule has 0 radical (unpaired) electrons. The highest BCUT2D eigenvalue weighted by molar-refractivity contribution is 6.46. The number of hydrogen-bond acceptors (Lipinski definition) is 5. The molecule has 0 aromatic carbocycles. The van der Waals surface area contributed by atoms with E-state index in [2.05, 4.69) is 10.3 Å². The highest BCUT2D eigenvalue weighted by atomic mass is 16.6. The Hall–Kier alpha value is -1.77. The fraction of sp³-hybridized carbons (Fsp3) is 0.667. The molecule has 0 unspecified atom stereocenters. The van der Waals surface area contributed by atoms with Gasteiger partial charge < -0.3 is 15.4 Å². The first-order valence-corrected chi connectivity index (χ1v) is 4.71. The Morgan fingerprint density at radius 2 is 2.13 bits per heavy atom. The zero-order chi connectivity index (χ0) is 11.7. The van der Waals surface area contributed by atoms with E-state index in [4.69, 9.17) is 20.7 Å². The molecule has 0 saturated heterocycles. The number of rotatable bonds is 6. The minimum Gasteiger partial charge on any atom is -0.395 e. The Labute approximate surface area is 89.3 Å². The van der Waals surface area contributed by atoms with Gasteiger partial charge in [0.1, 0.15) is 18.8 Å². The number of nitrogens with two attached hydrogens (primary N) is 1. The molecule has 6 nitrogen and oxygen atoms in total. The largest absolute Gasteiger partial charge is 0.395 e. The summed E-state index contributed by atoms with van der Waals surface area (Å²) in [4.78, 5) is 9.68. The molecule has 0 aromatic rings. The number of hydrogen-bond donors (Lipinski definition) is 1. The summed E-state index contributed by atoms with van der Waals surface area (Å²) in [5.41, 5.74) is 5.37. The molecule has 84 valence electrons. The van der Waals surface area contributed by atoms with Gasteiger partial charge in [0.2, 0.25) is 11.5 Å². The molecule has 0 fully saturated rings. The maximum atomic E-state index is 8.68. The van der Waals surface area contributed by atoms with Gasteiger partial charge in [0.25, 0.3) is 0 Å². The van der Waals surface area contributed by atoms with Crippen molar-refractivity contribution in [2.24, 2.45) is 16.0 Å². The van der Waals surface area contributed by atoms with Crippen LogP contribution < -0.4 is 5.73 Å². The van der Waals surface area contributed by atoms with E-state index >= 15 is 0 Å². The van der Waals surface area contributed by atoms with Crippen LogP contribution in [-0.2, 0) is 9.68 Å². The van der Waals surface area contributed by atoms with E-state index in [0.29, 0.717) is 6.61 Å². The second-order valence-corrected chi connectivity index (χ2v) is 3.02. The lowest BCUT2D eigenvalue weighted by Gasteiger charge is -2.02. The molecule has 0 atom stereocenters. The van der Waals surface area contributed by atoms with Gasteiger partial charge in [0, 0.05) is 0 Å². The Balaban J connectivity index is 4.34. The molecule has 0 spiro atoms. The summed E-state index contributed by atoms with van der Waals surface area (Å²) in [5.74, 6) is -0.0812. The first kappa shape index (κ1) is 13.2. The van der Waals surface area contributed by atoms with E-state index < -0.39 is 0 Å². The molecule has 0 heterocycles. The average molecular weight is 212 g/mol. The van der Waals surface area contributed by atoms with Gasteiger partial charge in [-0.15, -0.1) is 0 Å². The van der Waals surface area contributed by atoms with E-state index in [1.807, 2.05) is 6.92 Å². The van der Waals surface area contributed by atoms with Gasteiger partial charge in [-0.3, -0.25) is 0 Å². The summed E-state index contributed by atoms with van der Waals surface area (Å²) in [6, 6.07) is 1.77. The molecule has 0 saturated carbocycles.